The summed E-state index contributed by atoms with van der Waals surface area (Å²) >= 11 is 0. The highest BCUT2D eigenvalue weighted by Crippen LogP contribution is 2.49. The quantitative estimate of drug-likeness (QED) is 0.0677. The summed E-state index contributed by atoms with van der Waals surface area (Å²) in [6.07, 6.45) is 1.73. The van der Waals surface area contributed by atoms with Crippen LogP contribution in [0.4, 0.5) is 28.9 Å². The Balaban J connectivity index is 0.000000171. The van der Waals surface area contributed by atoms with Crippen LogP contribution in [0.3, 0.4) is 0 Å². The Hall–Kier alpha value is -10.1. The molecule has 6 aromatic heterocycles. The molecule has 94 heavy (non-hydrogen) atoms. The summed E-state index contributed by atoms with van der Waals surface area (Å²) in [6.45, 7) is 3.12. The van der Waals surface area contributed by atoms with E-state index in [4.69, 9.17) is 28.3 Å². The minimum atomic E-state index is -3.78. The number of hydrogen-bond donors (Lipinski definition) is 2. The maximum absolute atomic E-state index is 14.9. The number of aliphatic hydroxyl groups excluding tert-OH is 2. The van der Waals surface area contributed by atoms with Crippen molar-refractivity contribution in [3.8, 4) is 79.4 Å². The van der Waals surface area contributed by atoms with Crippen LogP contribution in [0.2, 0.25) is 0 Å². The van der Waals surface area contributed by atoms with Crippen molar-refractivity contribution < 1.29 is 72.5 Å². The number of fused-ring (bicyclic) bond motifs is 12. The number of halogens is 4. The summed E-state index contributed by atoms with van der Waals surface area (Å²) in [5, 5.41) is 21.1. The van der Waals surface area contributed by atoms with Crippen LogP contribution >= 0.6 is 0 Å². The molecule has 18 nitrogen and oxygen atoms in total. The molecule has 0 saturated heterocycles. The van der Waals surface area contributed by atoms with Gasteiger partial charge in [0.1, 0.15) is 68.8 Å². The molecular formula is C70H58F4N6O12S2. The first-order valence-electron chi connectivity index (χ1n) is 29.8. The number of benzene rings is 6. The first kappa shape index (κ1) is 62.7. The van der Waals surface area contributed by atoms with E-state index in [1.54, 1.807) is 108 Å². The number of rotatable bonds is 16. The van der Waals surface area contributed by atoms with E-state index in [2.05, 4.69) is 0 Å². The second-order valence-corrected chi connectivity index (χ2v) is 26.8. The average Bonchev–Trinajstić information content (AvgIpc) is 1.38. The molecular weight excluding hydrogens is 1260 g/mol. The van der Waals surface area contributed by atoms with Gasteiger partial charge in [-0.15, -0.1) is 0 Å². The van der Waals surface area contributed by atoms with Crippen molar-refractivity contribution in [3.63, 3.8) is 0 Å². The van der Waals surface area contributed by atoms with E-state index in [1.807, 2.05) is 0 Å². The fourth-order valence-electron chi connectivity index (χ4n) is 12.2. The Labute approximate surface area is 535 Å². The van der Waals surface area contributed by atoms with Crippen molar-refractivity contribution in [2.75, 3.05) is 48.4 Å². The molecule has 2 N–H and O–H groups in total. The number of nitrogens with zero attached hydrogens (tertiary/aromatic N) is 6. The van der Waals surface area contributed by atoms with Crippen LogP contribution in [-0.2, 0) is 20.0 Å². The molecule has 24 heteroatoms. The van der Waals surface area contributed by atoms with Crippen LogP contribution in [0, 0.1) is 23.3 Å². The predicted molar refractivity (Wildman–Crippen MR) is 350 cm³/mol. The van der Waals surface area contributed by atoms with E-state index in [-0.39, 0.29) is 95.7 Å². The molecule has 0 aliphatic carbocycles. The van der Waals surface area contributed by atoms with Crippen molar-refractivity contribution in [2.45, 2.75) is 52.0 Å². The Morgan fingerprint density at radius 3 is 1.26 bits per heavy atom. The van der Waals surface area contributed by atoms with Gasteiger partial charge in [-0.2, -0.15) is 0 Å². The summed E-state index contributed by atoms with van der Waals surface area (Å²) in [6, 6.07) is 37.2. The molecule has 2 atom stereocenters. The van der Waals surface area contributed by atoms with Gasteiger partial charge in [-0.05, 0) is 121 Å². The molecule has 14 rings (SSSR count). The fourth-order valence-corrected chi connectivity index (χ4v) is 13.2. The summed E-state index contributed by atoms with van der Waals surface area (Å²) in [4.78, 5) is 36.6. The topological polar surface area (TPSA) is 230 Å². The summed E-state index contributed by atoms with van der Waals surface area (Å²) in [5.74, 6) is -0.862. The number of aliphatic hydroxyl groups is 2. The number of ketones is 2. The number of sulfonamides is 2. The third-order valence-electron chi connectivity index (χ3n) is 17.0. The number of Topliss-reactive ketones (excluding diaryl/α,β-unsaturated/α-hetero) is 2. The molecule has 8 heterocycles. The molecule has 0 radical (unpaired) electrons. The van der Waals surface area contributed by atoms with Crippen molar-refractivity contribution in [3.05, 3.63) is 180 Å². The lowest BCUT2D eigenvalue weighted by Crippen LogP contribution is -2.25. The predicted octanol–water partition coefficient (Wildman–Crippen LogP) is 14.6. The van der Waals surface area contributed by atoms with E-state index in [1.165, 1.54) is 74.8 Å². The van der Waals surface area contributed by atoms with Gasteiger partial charge in [0, 0.05) is 109 Å². The van der Waals surface area contributed by atoms with Gasteiger partial charge in [0.2, 0.25) is 20.0 Å². The maximum Gasteiger partial charge on any atom is 0.232 e. The van der Waals surface area contributed by atoms with Gasteiger partial charge in [0.25, 0.3) is 0 Å². The Kier molecular flexibility index (Phi) is 16.0. The molecule has 0 fully saturated rings. The highest BCUT2D eigenvalue weighted by molar-refractivity contribution is 7.92. The number of carbonyl (C=O) groups is 2. The molecule has 0 amide bonds. The monoisotopic (exact) mass is 1310 g/mol. The highest BCUT2D eigenvalue weighted by atomic mass is 32.2. The first-order valence-corrected chi connectivity index (χ1v) is 33.5. The number of aromatic nitrogens is 4. The number of ether oxygens (including phenoxy) is 2. The smallest absolute Gasteiger partial charge is 0.232 e. The molecule has 2 aliphatic heterocycles. The van der Waals surface area contributed by atoms with Crippen molar-refractivity contribution in [2.24, 2.45) is 0 Å². The molecule has 6 aromatic carbocycles. The van der Waals surface area contributed by atoms with E-state index >= 15 is 0 Å². The average molecular weight is 1320 g/mol. The zero-order chi connectivity index (χ0) is 66.4. The molecule has 0 spiro atoms. The summed E-state index contributed by atoms with van der Waals surface area (Å²) in [7, 11) is -4.74. The Bertz CT molecular complexity index is 4990. The van der Waals surface area contributed by atoms with Crippen LogP contribution in [0.25, 0.3) is 112 Å². The second-order valence-electron chi connectivity index (χ2n) is 22.8. The van der Waals surface area contributed by atoms with Gasteiger partial charge in [-0.3, -0.25) is 18.2 Å². The maximum atomic E-state index is 14.9. The van der Waals surface area contributed by atoms with E-state index < -0.39 is 55.8 Å². The van der Waals surface area contributed by atoms with Crippen LogP contribution < -0.4 is 18.1 Å². The lowest BCUT2D eigenvalue weighted by Gasteiger charge is -2.29. The summed E-state index contributed by atoms with van der Waals surface area (Å²) < 4.78 is 140. The van der Waals surface area contributed by atoms with Gasteiger partial charge in [0.15, 0.2) is 24.0 Å². The highest BCUT2D eigenvalue weighted by Gasteiger charge is 2.34. The molecule has 0 bridgehead atoms. The lowest BCUT2D eigenvalue weighted by molar-refractivity contribution is 0.0958. The van der Waals surface area contributed by atoms with Gasteiger partial charge < -0.3 is 37.7 Å². The van der Waals surface area contributed by atoms with Crippen molar-refractivity contribution in [1.29, 1.82) is 0 Å². The number of anilines is 2. The minimum absolute atomic E-state index is 0.160. The third kappa shape index (κ3) is 10.9. The number of furan rings is 2. The SMILES string of the molecule is CCC(=O)c1c(-c2ccc(F)cc2)oc2cc(N(C)S(C)(=O)=O)c(-c3ccc4c(n3)-c3cc5c(F)cccc5n3C(CCO)O4)cc12.CCC(=O)c1c(-c2ccc(F)cc2)oc2cc(N(C)S(C)(=O)=O)c(-c3ccc4c(n3)-c3cc5c(F)cccc5n3C(CCO)O4)cc12. The molecule has 0 saturated carbocycles. The van der Waals surface area contributed by atoms with Crippen LogP contribution in [-0.4, -0.2) is 97.5 Å². The Morgan fingerprint density at radius 2 is 0.904 bits per heavy atom. The van der Waals surface area contributed by atoms with Crippen LogP contribution in [0.15, 0.2) is 154 Å². The van der Waals surface area contributed by atoms with Gasteiger partial charge in [-0.25, -0.2) is 44.4 Å². The molecule has 2 aliphatic rings. The first-order chi connectivity index (χ1) is 45.0. The van der Waals surface area contributed by atoms with E-state index in [0.29, 0.717) is 100 Å². The standard InChI is InChI=1S/2C35H29F2N3O6S/c2*1-4-29(42)33-23-16-22(27(39(2)47(3,43)44)18-31(23)46-35(33)19-8-10-20(36)11-9-19)25-12-13-30-34(38-25)28-17-21-24(37)6-5-7-26(21)40(28)32(45-30)14-15-41/h2*5-13,16-18,32,41H,4,14-15H2,1-3H3. The lowest BCUT2D eigenvalue weighted by atomic mass is 9.97. The normalized spacial score (nSPS) is 14.2. The van der Waals surface area contributed by atoms with E-state index in [0.717, 1.165) is 21.1 Å². The van der Waals surface area contributed by atoms with Gasteiger partial charge in [0.05, 0.1) is 68.8 Å². The summed E-state index contributed by atoms with van der Waals surface area (Å²) in [5.41, 5.74) is 7.10. The largest absolute Gasteiger partial charge is 0.468 e. The third-order valence-corrected chi connectivity index (χ3v) is 19.3. The van der Waals surface area contributed by atoms with Crippen LogP contribution in [0.5, 0.6) is 11.5 Å². The zero-order valence-electron chi connectivity index (χ0n) is 51.2. The second kappa shape index (κ2) is 24.1. The zero-order valence-corrected chi connectivity index (χ0v) is 52.9. The van der Waals surface area contributed by atoms with Gasteiger partial charge >= 0.3 is 0 Å². The number of carbonyl (C=O) groups excluding carboxylic acids is 2. The van der Waals surface area contributed by atoms with Crippen molar-refractivity contribution >= 4 is 86.7 Å². The fraction of sp³-hybridized carbons (Fsp3) is 0.200. The van der Waals surface area contributed by atoms with E-state index in [9.17, 15) is 54.2 Å². The molecule has 480 valence electrons. The number of hydrogen-bond acceptors (Lipinski definition) is 14. The molecule has 12 aromatic rings. The van der Waals surface area contributed by atoms with Gasteiger partial charge in [-0.1, -0.05) is 26.0 Å². The Morgan fingerprint density at radius 1 is 0.521 bits per heavy atom. The molecule has 2 unspecified atom stereocenters. The number of pyridine rings is 2. The van der Waals surface area contributed by atoms with Crippen LogP contribution in [0.1, 0.15) is 72.7 Å². The van der Waals surface area contributed by atoms with Crippen molar-refractivity contribution in [1.82, 2.24) is 19.1 Å². The minimum Gasteiger partial charge on any atom is -0.468 e.